The highest BCUT2D eigenvalue weighted by Gasteiger charge is 2.27. The Morgan fingerprint density at radius 3 is 2.57 bits per heavy atom. The Balaban J connectivity index is 2.82. The van der Waals surface area contributed by atoms with Gasteiger partial charge in [-0.3, -0.25) is 19.2 Å². The van der Waals surface area contributed by atoms with Crippen LogP contribution in [0.5, 0.6) is 0 Å². The summed E-state index contributed by atoms with van der Waals surface area (Å²) in [6.07, 6.45) is -0.0912. The summed E-state index contributed by atoms with van der Waals surface area (Å²) < 4.78 is 4.95. The molecular formula is C14H24N4O5. The molecule has 1 aliphatic rings. The van der Waals surface area contributed by atoms with Crippen LogP contribution in [0.4, 0.5) is 0 Å². The predicted octanol–water partition coefficient (Wildman–Crippen LogP) is -1.96. The molecule has 1 heterocycles. The number of amides is 3. The number of rotatable bonds is 1. The summed E-state index contributed by atoms with van der Waals surface area (Å²) >= 11 is 0. The van der Waals surface area contributed by atoms with Crippen LogP contribution in [0.25, 0.3) is 0 Å². The van der Waals surface area contributed by atoms with E-state index >= 15 is 0 Å². The highest BCUT2D eigenvalue weighted by atomic mass is 16.5. The molecule has 0 bridgehead atoms. The summed E-state index contributed by atoms with van der Waals surface area (Å²) in [6.45, 7) is 3.61. The molecule has 1 fully saturated rings. The monoisotopic (exact) mass is 328 g/mol. The fourth-order valence-corrected chi connectivity index (χ4v) is 2.17. The van der Waals surface area contributed by atoms with E-state index < -0.39 is 29.9 Å². The molecule has 0 saturated carbocycles. The number of ether oxygens (including phenoxy) is 1. The van der Waals surface area contributed by atoms with Gasteiger partial charge < -0.3 is 26.0 Å². The number of hydrogen-bond acceptors (Lipinski definition) is 6. The molecule has 0 spiro atoms. The van der Waals surface area contributed by atoms with Crippen LogP contribution in [0.2, 0.25) is 0 Å². The van der Waals surface area contributed by atoms with E-state index in [1.807, 2.05) is 0 Å². The van der Waals surface area contributed by atoms with Crippen molar-refractivity contribution in [1.82, 2.24) is 21.3 Å². The molecule has 9 nitrogen and oxygen atoms in total. The fraction of sp³-hybridized carbons (Fsp3) is 0.714. The minimum absolute atomic E-state index is 0.0111. The third-order valence-electron chi connectivity index (χ3n) is 3.36. The lowest BCUT2D eigenvalue weighted by Crippen LogP contribution is -2.54. The summed E-state index contributed by atoms with van der Waals surface area (Å²) in [5, 5.41) is 10.5. The Bertz CT molecular complexity index is 468. The Morgan fingerprint density at radius 2 is 1.91 bits per heavy atom. The Hall–Kier alpha value is -2.16. The average molecular weight is 328 g/mol. The molecule has 3 unspecified atom stereocenters. The first-order valence-corrected chi connectivity index (χ1v) is 7.53. The van der Waals surface area contributed by atoms with Crippen molar-refractivity contribution in [3.05, 3.63) is 0 Å². The lowest BCUT2D eigenvalue weighted by Gasteiger charge is -2.23. The standard InChI is InChI=1S/C14H24N4O5/c1-8-6-11(19)16-4-5-23-12(20)7-10(14(22)15-3)18-13(21)9(2)17-8/h8-10,17H,4-7H2,1-3H3,(H,15,22)(H,16,19)(H,18,21). The Kier molecular flexibility index (Phi) is 7.46. The van der Waals surface area contributed by atoms with Crippen LogP contribution in [0, 0.1) is 0 Å². The minimum Gasteiger partial charge on any atom is -0.464 e. The summed E-state index contributed by atoms with van der Waals surface area (Å²) in [5.41, 5.74) is 0. The van der Waals surface area contributed by atoms with Gasteiger partial charge in [-0.2, -0.15) is 0 Å². The van der Waals surface area contributed by atoms with Gasteiger partial charge in [0.25, 0.3) is 0 Å². The average Bonchev–Trinajstić information content (AvgIpc) is 2.48. The van der Waals surface area contributed by atoms with E-state index in [1.165, 1.54) is 7.05 Å². The predicted molar refractivity (Wildman–Crippen MR) is 81.3 cm³/mol. The quantitative estimate of drug-likeness (QED) is 0.414. The highest BCUT2D eigenvalue weighted by Crippen LogP contribution is 2.00. The third kappa shape index (κ3) is 6.64. The summed E-state index contributed by atoms with van der Waals surface area (Å²) in [4.78, 5) is 47.3. The van der Waals surface area contributed by atoms with Crippen LogP contribution in [0.15, 0.2) is 0 Å². The van der Waals surface area contributed by atoms with Crippen molar-refractivity contribution >= 4 is 23.7 Å². The molecule has 0 radical (unpaired) electrons. The van der Waals surface area contributed by atoms with Gasteiger partial charge in [-0.25, -0.2) is 0 Å². The van der Waals surface area contributed by atoms with Gasteiger partial charge >= 0.3 is 5.97 Å². The van der Waals surface area contributed by atoms with Crippen LogP contribution in [-0.2, 0) is 23.9 Å². The van der Waals surface area contributed by atoms with E-state index in [4.69, 9.17) is 4.74 Å². The minimum atomic E-state index is -1.00. The zero-order chi connectivity index (χ0) is 17.4. The fourth-order valence-electron chi connectivity index (χ4n) is 2.17. The third-order valence-corrected chi connectivity index (χ3v) is 3.36. The van der Waals surface area contributed by atoms with Crippen molar-refractivity contribution in [1.29, 1.82) is 0 Å². The van der Waals surface area contributed by atoms with Gasteiger partial charge in [-0.15, -0.1) is 0 Å². The molecule has 0 aromatic rings. The lowest BCUT2D eigenvalue weighted by atomic mass is 10.1. The van der Waals surface area contributed by atoms with Gasteiger partial charge in [0, 0.05) is 19.5 Å². The van der Waals surface area contributed by atoms with Crippen molar-refractivity contribution in [2.45, 2.75) is 44.8 Å². The van der Waals surface area contributed by atoms with Crippen molar-refractivity contribution in [2.75, 3.05) is 20.2 Å². The van der Waals surface area contributed by atoms with E-state index in [9.17, 15) is 19.2 Å². The van der Waals surface area contributed by atoms with Gasteiger partial charge in [0.05, 0.1) is 19.0 Å². The molecule has 23 heavy (non-hydrogen) atoms. The molecule has 3 atom stereocenters. The van der Waals surface area contributed by atoms with Crippen LogP contribution in [0.1, 0.15) is 26.7 Å². The number of likely N-dealkylation sites (N-methyl/N-ethyl adjacent to an activating group) is 1. The number of hydrogen-bond donors (Lipinski definition) is 4. The van der Waals surface area contributed by atoms with Gasteiger partial charge in [0.2, 0.25) is 17.7 Å². The summed E-state index contributed by atoms with van der Waals surface area (Å²) in [6, 6.07) is -1.85. The van der Waals surface area contributed by atoms with Gasteiger partial charge in [0.1, 0.15) is 12.6 Å². The second kappa shape index (κ2) is 9.09. The molecule has 1 saturated heterocycles. The van der Waals surface area contributed by atoms with E-state index in [0.717, 1.165) is 0 Å². The maximum Gasteiger partial charge on any atom is 0.308 e. The first kappa shape index (κ1) is 18.9. The first-order valence-electron chi connectivity index (χ1n) is 7.53. The van der Waals surface area contributed by atoms with Gasteiger partial charge in [-0.1, -0.05) is 0 Å². The zero-order valence-electron chi connectivity index (χ0n) is 13.6. The molecule has 1 aliphatic heterocycles. The molecule has 130 valence electrons. The van der Waals surface area contributed by atoms with Crippen molar-refractivity contribution in [3.8, 4) is 0 Å². The van der Waals surface area contributed by atoms with E-state index in [0.29, 0.717) is 0 Å². The van der Waals surface area contributed by atoms with Crippen molar-refractivity contribution in [3.63, 3.8) is 0 Å². The maximum atomic E-state index is 12.1. The molecule has 9 heteroatoms. The van der Waals surface area contributed by atoms with Crippen LogP contribution in [-0.4, -0.2) is 62.0 Å². The Labute approximate surface area is 134 Å². The second-order valence-corrected chi connectivity index (χ2v) is 5.44. The number of esters is 1. The smallest absolute Gasteiger partial charge is 0.308 e. The van der Waals surface area contributed by atoms with E-state index in [2.05, 4.69) is 21.3 Å². The lowest BCUT2D eigenvalue weighted by molar-refractivity contribution is -0.146. The number of cyclic esters (lactones) is 1. The van der Waals surface area contributed by atoms with Crippen LogP contribution in [0.3, 0.4) is 0 Å². The van der Waals surface area contributed by atoms with Crippen LogP contribution < -0.4 is 21.3 Å². The normalized spacial score (nSPS) is 28.0. The highest BCUT2D eigenvalue weighted by molar-refractivity contribution is 5.92. The van der Waals surface area contributed by atoms with Crippen LogP contribution >= 0.6 is 0 Å². The topological polar surface area (TPSA) is 126 Å². The number of nitrogens with one attached hydrogen (secondary N) is 4. The molecule has 1 rings (SSSR count). The molecule has 3 amide bonds. The maximum absolute atomic E-state index is 12.1. The van der Waals surface area contributed by atoms with Crippen molar-refractivity contribution in [2.24, 2.45) is 0 Å². The summed E-state index contributed by atoms with van der Waals surface area (Å²) in [7, 11) is 1.42. The van der Waals surface area contributed by atoms with Crippen molar-refractivity contribution < 1.29 is 23.9 Å². The Morgan fingerprint density at radius 1 is 1.22 bits per heavy atom. The SMILES string of the molecule is CNC(=O)C1CC(=O)OCCNC(=O)CC(C)NC(C)C(=O)N1. The van der Waals surface area contributed by atoms with Gasteiger partial charge in [0.15, 0.2) is 0 Å². The number of carbonyl (C=O) groups excluding carboxylic acids is 4. The largest absolute Gasteiger partial charge is 0.464 e. The zero-order valence-corrected chi connectivity index (χ0v) is 13.6. The first-order chi connectivity index (χ1) is 10.8. The van der Waals surface area contributed by atoms with E-state index in [-0.39, 0.29) is 37.9 Å². The molecule has 0 aromatic carbocycles. The second-order valence-electron chi connectivity index (χ2n) is 5.44. The molecule has 0 aromatic heterocycles. The van der Waals surface area contributed by atoms with E-state index in [1.54, 1.807) is 13.8 Å². The number of carbonyl (C=O) groups is 4. The molecular weight excluding hydrogens is 304 g/mol. The summed E-state index contributed by atoms with van der Waals surface area (Å²) in [5.74, 6) is -1.74. The molecule has 0 aliphatic carbocycles. The molecule has 4 N–H and O–H groups in total. The van der Waals surface area contributed by atoms with Gasteiger partial charge in [-0.05, 0) is 13.8 Å².